The molecule has 18 heavy (non-hydrogen) atoms. The van der Waals surface area contributed by atoms with Gasteiger partial charge < -0.3 is 5.73 Å². The molecule has 0 heterocycles. The highest BCUT2D eigenvalue weighted by Crippen LogP contribution is 2.48. The Morgan fingerprint density at radius 1 is 1.33 bits per heavy atom. The van der Waals surface area contributed by atoms with Crippen molar-refractivity contribution in [1.29, 1.82) is 0 Å². The van der Waals surface area contributed by atoms with E-state index in [1.54, 1.807) is 6.07 Å². The lowest BCUT2D eigenvalue weighted by atomic mass is 9.75. The van der Waals surface area contributed by atoms with Crippen molar-refractivity contribution in [3.8, 4) is 0 Å². The van der Waals surface area contributed by atoms with Crippen LogP contribution in [0.5, 0.6) is 0 Å². The van der Waals surface area contributed by atoms with Gasteiger partial charge in [-0.15, -0.1) is 0 Å². The first-order chi connectivity index (χ1) is 8.33. The van der Waals surface area contributed by atoms with E-state index in [2.05, 4.69) is 13.8 Å². The first-order valence-corrected chi connectivity index (χ1v) is 6.85. The van der Waals surface area contributed by atoms with Crippen LogP contribution in [0.15, 0.2) is 12.1 Å². The molecule has 1 aliphatic carbocycles. The Hall–Kier alpha value is -0.890. The van der Waals surface area contributed by atoms with Crippen molar-refractivity contribution in [3.05, 3.63) is 34.6 Å². The Kier molecular flexibility index (Phi) is 3.50. The van der Waals surface area contributed by atoms with Gasteiger partial charge in [-0.25, -0.2) is 4.39 Å². The van der Waals surface area contributed by atoms with Crippen LogP contribution in [0.1, 0.15) is 55.8 Å². The second-order valence-electron chi connectivity index (χ2n) is 6.49. The molecule has 0 radical (unpaired) electrons. The average Bonchev–Trinajstić information content (AvgIpc) is 2.56. The second-order valence-corrected chi connectivity index (χ2v) is 6.49. The predicted octanol–water partition coefficient (Wildman–Crippen LogP) is 4.27. The van der Waals surface area contributed by atoms with Gasteiger partial charge >= 0.3 is 0 Å². The van der Waals surface area contributed by atoms with Crippen molar-refractivity contribution in [3.63, 3.8) is 0 Å². The summed E-state index contributed by atoms with van der Waals surface area (Å²) in [4.78, 5) is 0. The van der Waals surface area contributed by atoms with Gasteiger partial charge in [-0.1, -0.05) is 26.3 Å². The third-order valence-electron chi connectivity index (χ3n) is 4.59. The molecule has 2 heteroatoms. The summed E-state index contributed by atoms with van der Waals surface area (Å²) in [5.74, 6) is 0.246. The number of aryl methyl sites for hydroxylation is 2. The number of benzene rings is 1. The van der Waals surface area contributed by atoms with E-state index in [0.29, 0.717) is 5.92 Å². The Morgan fingerprint density at radius 3 is 2.50 bits per heavy atom. The highest BCUT2D eigenvalue weighted by molar-refractivity contribution is 5.35. The number of rotatable bonds is 2. The quantitative estimate of drug-likeness (QED) is 0.832. The molecule has 2 N–H and O–H groups in total. The molecule has 0 spiro atoms. The molecule has 0 bridgehead atoms. The van der Waals surface area contributed by atoms with Gasteiger partial charge in [0.25, 0.3) is 0 Å². The van der Waals surface area contributed by atoms with Gasteiger partial charge in [0, 0.05) is 11.6 Å². The van der Waals surface area contributed by atoms with Gasteiger partial charge in [0.05, 0.1) is 0 Å². The lowest BCUT2D eigenvalue weighted by Crippen LogP contribution is -2.30. The van der Waals surface area contributed by atoms with Gasteiger partial charge in [0.15, 0.2) is 0 Å². The zero-order valence-electron chi connectivity index (χ0n) is 11.9. The minimum absolute atomic E-state index is 0.136. The average molecular weight is 249 g/mol. The second kappa shape index (κ2) is 4.65. The summed E-state index contributed by atoms with van der Waals surface area (Å²) in [6.45, 7) is 8.40. The van der Waals surface area contributed by atoms with Crippen LogP contribution in [0.2, 0.25) is 0 Å². The maximum absolute atomic E-state index is 14.2. The third-order valence-corrected chi connectivity index (χ3v) is 4.59. The molecule has 1 saturated carbocycles. The fourth-order valence-corrected chi connectivity index (χ4v) is 3.57. The van der Waals surface area contributed by atoms with Gasteiger partial charge in [0.1, 0.15) is 5.82 Å². The first-order valence-electron chi connectivity index (χ1n) is 6.85. The van der Waals surface area contributed by atoms with Crippen molar-refractivity contribution >= 4 is 0 Å². The summed E-state index contributed by atoms with van der Waals surface area (Å²) >= 11 is 0. The molecule has 1 nitrogen and oxygen atoms in total. The number of nitrogens with two attached hydrogens (primary N) is 1. The highest BCUT2D eigenvalue weighted by atomic mass is 19.1. The topological polar surface area (TPSA) is 26.0 Å². The molecule has 0 aromatic heterocycles. The van der Waals surface area contributed by atoms with Crippen LogP contribution in [0, 0.1) is 31.0 Å². The van der Waals surface area contributed by atoms with E-state index < -0.39 is 0 Å². The van der Waals surface area contributed by atoms with E-state index in [9.17, 15) is 4.39 Å². The predicted molar refractivity (Wildman–Crippen MR) is 73.9 cm³/mol. The summed E-state index contributed by atoms with van der Waals surface area (Å²) in [6, 6.07) is 3.45. The molecule has 100 valence electrons. The fourth-order valence-electron chi connectivity index (χ4n) is 3.57. The molecule has 0 saturated heterocycles. The van der Waals surface area contributed by atoms with Gasteiger partial charge in [-0.2, -0.15) is 0 Å². The van der Waals surface area contributed by atoms with Crippen LogP contribution in [0.4, 0.5) is 4.39 Å². The Bertz CT molecular complexity index is 427. The molecule has 1 aromatic carbocycles. The molecule has 1 fully saturated rings. The van der Waals surface area contributed by atoms with Gasteiger partial charge in [-0.05, 0) is 55.2 Å². The smallest absolute Gasteiger partial charge is 0.128 e. The summed E-state index contributed by atoms with van der Waals surface area (Å²) in [5.41, 5.74) is 9.29. The minimum Gasteiger partial charge on any atom is -0.324 e. The number of hydrogen-bond acceptors (Lipinski definition) is 1. The number of halogens is 1. The van der Waals surface area contributed by atoms with E-state index in [1.165, 1.54) is 12.8 Å². The van der Waals surface area contributed by atoms with Gasteiger partial charge in [0.2, 0.25) is 0 Å². The van der Waals surface area contributed by atoms with E-state index in [1.807, 2.05) is 19.9 Å². The van der Waals surface area contributed by atoms with Crippen LogP contribution >= 0.6 is 0 Å². The van der Waals surface area contributed by atoms with Crippen molar-refractivity contribution in [2.45, 2.75) is 53.0 Å². The normalized spacial score (nSPS) is 24.2. The molecule has 2 unspecified atom stereocenters. The highest BCUT2D eigenvalue weighted by Gasteiger charge is 2.39. The lowest BCUT2D eigenvalue weighted by molar-refractivity contribution is 0.219. The zero-order valence-corrected chi connectivity index (χ0v) is 11.9. The Balaban J connectivity index is 2.37. The van der Waals surface area contributed by atoms with Crippen LogP contribution in [0.25, 0.3) is 0 Å². The van der Waals surface area contributed by atoms with Gasteiger partial charge in [-0.3, -0.25) is 0 Å². The maximum Gasteiger partial charge on any atom is 0.128 e. The minimum atomic E-state index is -0.178. The lowest BCUT2D eigenvalue weighted by Gasteiger charge is -2.33. The van der Waals surface area contributed by atoms with Crippen LogP contribution < -0.4 is 5.73 Å². The Morgan fingerprint density at radius 2 is 2.00 bits per heavy atom. The third kappa shape index (κ3) is 2.31. The van der Waals surface area contributed by atoms with E-state index >= 15 is 0 Å². The van der Waals surface area contributed by atoms with E-state index in [-0.39, 0.29) is 17.3 Å². The van der Waals surface area contributed by atoms with E-state index in [0.717, 1.165) is 23.1 Å². The largest absolute Gasteiger partial charge is 0.324 e. The fraction of sp³-hybridized carbons (Fsp3) is 0.625. The monoisotopic (exact) mass is 249 g/mol. The SMILES string of the molecule is Cc1cc(C)c(C(N)C2CCCC2(C)C)c(F)c1. The number of hydrogen-bond donors (Lipinski definition) is 1. The van der Waals surface area contributed by atoms with Crippen LogP contribution in [-0.4, -0.2) is 0 Å². The van der Waals surface area contributed by atoms with Crippen molar-refractivity contribution in [1.82, 2.24) is 0 Å². The van der Waals surface area contributed by atoms with Crippen molar-refractivity contribution in [2.24, 2.45) is 17.1 Å². The molecule has 1 aromatic rings. The Labute approximate surface area is 110 Å². The van der Waals surface area contributed by atoms with E-state index in [4.69, 9.17) is 5.73 Å². The summed E-state index contributed by atoms with van der Waals surface area (Å²) in [5, 5.41) is 0. The molecule has 2 rings (SSSR count). The zero-order chi connectivity index (χ0) is 13.5. The van der Waals surface area contributed by atoms with Crippen LogP contribution in [0.3, 0.4) is 0 Å². The molecule has 2 atom stereocenters. The van der Waals surface area contributed by atoms with Crippen LogP contribution in [-0.2, 0) is 0 Å². The molecule has 0 amide bonds. The molecular formula is C16H24FN. The summed E-state index contributed by atoms with van der Waals surface area (Å²) in [6.07, 6.45) is 3.51. The first kappa shape index (κ1) is 13.5. The molecule has 1 aliphatic rings. The summed E-state index contributed by atoms with van der Waals surface area (Å²) < 4.78 is 14.2. The molecule has 0 aliphatic heterocycles. The molecular weight excluding hydrogens is 225 g/mol. The van der Waals surface area contributed by atoms with Crippen molar-refractivity contribution in [2.75, 3.05) is 0 Å². The maximum atomic E-state index is 14.2. The summed E-state index contributed by atoms with van der Waals surface area (Å²) in [7, 11) is 0. The standard InChI is InChI=1S/C16H24FN/c1-10-8-11(2)14(13(17)9-10)15(18)12-6-5-7-16(12,3)4/h8-9,12,15H,5-7,18H2,1-4H3. The van der Waals surface area contributed by atoms with Crippen molar-refractivity contribution < 1.29 is 4.39 Å².